The maximum absolute atomic E-state index is 13.1. The van der Waals surface area contributed by atoms with Crippen molar-refractivity contribution in [2.45, 2.75) is 104 Å². The van der Waals surface area contributed by atoms with Crippen LogP contribution in [0.25, 0.3) is 6.08 Å². The molecule has 2 saturated heterocycles. The molecule has 0 aliphatic carbocycles. The van der Waals surface area contributed by atoms with Crippen molar-refractivity contribution >= 4 is 17.8 Å². The van der Waals surface area contributed by atoms with Gasteiger partial charge in [0.25, 0.3) is 0 Å². The van der Waals surface area contributed by atoms with E-state index in [9.17, 15) is 19.8 Å². The smallest absolute Gasteiger partial charge is 0.306 e. The highest BCUT2D eigenvalue weighted by molar-refractivity contribution is 5.87. The molecule has 2 fully saturated rings. The number of hydrogen-bond acceptors (Lipinski definition) is 8. The summed E-state index contributed by atoms with van der Waals surface area (Å²) >= 11 is 0. The van der Waals surface area contributed by atoms with E-state index in [4.69, 9.17) is 9.15 Å². The second-order valence-corrected chi connectivity index (χ2v) is 10.9. The first-order chi connectivity index (χ1) is 16.5. The molecule has 3 heterocycles. The molecule has 0 spiro atoms. The highest BCUT2D eigenvalue weighted by atomic mass is 16.5. The maximum Gasteiger partial charge on any atom is 0.306 e. The van der Waals surface area contributed by atoms with Crippen molar-refractivity contribution in [2.75, 3.05) is 13.2 Å². The molecule has 6 atom stereocenters. The summed E-state index contributed by atoms with van der Waals surface area (Å²) in [6.07, 6.45) is 6.80. The van der Waals surface area contributed by atoms with Gasteiger partial charge in [0.2, 0.25) is 0 Å². The van der Waals surface area contributed by atoms with Gasteiger partial charge in [-0.25, -0.2) is 4.98 Å². The number of fused-ring (bicyclic) bond motifs is 1. The molecule has 1 aromatic heterocycles. The Morgan fingerprint density at radius 2 is 1.97 bits per heavy atom. The molecule has 0 aromatic carbocycles. The van der Waals surface area contributed by atoms with Crippen molar-refractivity contribution in [1.29, 1.82) is 0 Å². The largest absolute Gasteiger partial charge is 0.458 e. The lowest BCUT2D eigenvalue weighted by Gasteiger charge is -2.29. The van der Waals surface area contributed by atoms with Crippen molar-refractivity contribution in [2.24, 2.45) is 11.3 Å². The molecule has 0 bridgehead atoms. The minimum absolute atomic E-state index is 0.0182. The highest BCUT2D eigenvalue weighted by Gasteiger charge is 2.47. The molecule has 8 nitrogen and oxygen atoms in total. The Hall–Kier alpha value is -2.03. The Kier molecular flexibility index (Phi) is 9.29. The molecule has 2 aliphatic heterocycles. The van der Waals surface area contributed by atoms with Crippen LogP contribution < -0.4 is 0 Å². The number of nitrogens with zero attached hydrogens (tertiary/aromatic N) is 2. The van der Waals surface area contributed by atoms with Crippen molar-refractivity contribution in [3.8, 4) is 0 Å². The Balaban J connectivity index is 1.81. The second kappa shape index (κ2) is 11.8. The van der Waals surface area contributed by atoms with Gasteiger partial charge in [-0.05, 0) is 37.8 Å². The van der Waals surface area contributed by atoms with Gasteiger partial charge in [-0.3, -0.25) is 14.5 Å². The lowest BCUT2D eigenvalue weighted by atomic mass is 9.76. The van der Waals surface area contributed by atoms with Crippen LogP contribution in [0, 0.1) is 18.3 Å². The number of aromatic nitrogens is 1. The Morgan fingerprint density at radius 3 is 2.63 bits per heavy atom. The van der Waals surface area contributed by atoms with Crippen LogP contribution in [-0.2, 0) is 14.3 Å². The Morgan fingerprint density at radius 1 is 1.26 bits per heavy atom. The fraction of sp³-hybridized carbons (Fsp3) is 0.741. The van der Waals surface area contributed by atoms with Crippen LogP contribution in [-0.4, -0.2) is 69.3 Å². The zero-order valence-electron chi connectivity index (χ0n) is 21.8. The molecule has 0 radical (unpaired) electrons. The number of aryl methyl sites for hydroxylation is 1. The predicted octanol–water partition coefficient (Wildman–Crippen LogP) is 3.68. The number of ketones is 1. The van der Waals surface area contributed by atoms with Crippen LogP contribution >= 0.6 is 0 Å². The first-order valence-electron chi connectivity index (χ1n) is 12.9. The van der Waals surface area contributed by atoms with Gasteiger partial charge >= 0.3 is 5.97 Å². The summed E-state index contributed by atoms with van der Waals surface area (Å²) in [6, 6.07) is 0.533. The number of carbonyl (C=O) groups is 2. The highest BCUT2D eigenvalue weighted by Crippen LogP contribution is 2.38. The van der Waals surface area contributed by atoms with Crippen LogP contribution in [0.15, 0.2) is 16.3 Å². The minimum Gasteiger partial charge on any atom is -0.458 e. The first kappa shape index (κ1) is 27.6. The van der Waals surface area contributed by atoms with Gasteiger partial charge in [0.05, 0.1) is 12.7 Å². The molecule has 35 heavy (non-hydrogen) atoms. The summed E-state index contributed by atoms with van der Waals surface area (Å²) in [5.74, 6) is -0.263. The van der Waals surface area contributed by atoms with Gasteiger partial charge < -0.3 is 19.4 Å². The molecule has 0 amide bonds. The van der Waals surface area contributed by atoms with Gasteiger partial charge in [-0.2, -0.15) is 0 Å². The first-order valence-corrected chi connectivity index (χ1v) is 12.9. The molecule has 3 rings (SSSR count). The van der Waals surface area contributed by atoms with Crippen LogP contribution in [0.4, 0.5) is 0 Å². The van der Waals surface area contributed by atoms with Gasteiger partial charge in [-0.1, -0.05) is 33.6 Å². The molecule has 2 N–H and O–H groups in total. The van der Waals surface area contributed by atoms with E-state index in [-0.39, 0.29) is 30.8 Å². The number of β-amino-alcohol motifs (C(OH)–C–C–N with tert-alkyl or cyclic N) is 1. The molecule has 196 valence electrons. The third-order valence-electron chi connectivity index (χ3n) is 7.68. The summed E-state index contributed by atoms with van der Waals surface area (Å²) in [7, 11) is 0. The van der Waals surface area contributed by atoms with Crippen LogP contribution in [0.5, 0.6) is 0 Å². The Labute approximate surface area is 208 Å². The topological polar surface area (TPSA) is 113 Å². The molecule has 8 heteroatoms. The summed E-state index contributed by atoms with van der Waals surface area (Å²) in [5.41, 5.74) is 0.839. The van der Waals surface area contributed by atoms with E-state index in [0.717, 1.165) is 24.8 Å². The van der Waals surface area contributed by atoms with E-state index in [1.807, 2.05) is 26.8 Å². The molecular formula is C27H42N2O6. The maximum atomic E-state index is 13.1. The molecule has 5 unspecified atom stereocenters. The fourth-order valence-corrected chi connectivity index (χ4v) is 5.31. The van der Waals surface area contributed by atoms with Crippen molar-refractivity contribution in [3.63, 3.8) is 0 Å². The number of rotatable bonds is 4. The number of oxazole rings is 1. The van der Waals surface area contributed by atoms with Gasteiger partial charge in [0.1, 0.15) is 23.8 Å². The second-order valence-electron chi connectivity index (χ2n) is 10.9. The van der Waals surface area contributed by atoms with Crippen LogP contribution in [0.3, 0.4) is 0 Å². The van der Waals surface area contributed by atoms with Crippen LogP contribution in [0.1, 0.15) is 84.2 Å². The molecule has 2 aliphatic rings. The van der Waals surface area contributed by atoms with E-state index in [1.165, 1.54) is 0 Å². The molecule has 1 aromatic rings. The molecule has 0 saturated carbocycles. The third kappa shape index (κ3) is 7.24. The number of carbonyl (C=O) groups excluding carboxylic acids is 2. The third-order valence-corrected chi connectivity index (χ3v) is 7.68. The lowest BCUT2D eigenvalue weighted by molar-refractivity contribution is -0.148. The monoisotopic (exact) mass is 490 g/mol. The summed E-state index contributed by atoms with van der Waals surface area (Å²) in [6.45, 7) is 9.85. The number of hydrogen-bond donors (Lipinski definition) is 2. The van der Waals surface area contributed by atoms with E-state index in [2.05, 4.69) is 9.88 Å². The van der Waals surface area contributed by atoms with Crippen molar-refractivity contribution < 1.29 is 29.0 Å². The Bertz CT molecular complexity index is 907. The minimum atomic E-state index is -0.728. The average Bonchev–Trinajstić information content (AvgIpc) is 3.27. The standard InChI is InChI=1S/C27H42N2O6/c1-17(14-20-16-34-19(3)28-20)24-15-22-21(29(22)12-13-30)8-6-7-9-23(31)18(2)26(33)27(4,5)11-10-25(32)35-24/h14,16,18,21-24,30-31H,6-13,15H2,1-5H3/b17-14+/t18-,21?,22?,23?,24?,29?/m1/s1. The van der Waals surface area contributed by atoms with E-state index >= 15 is 0 Å². The lowest BCUT2D eigenvalue weighted by Crippen LogP contribution is -2.36. The number of esters is 1. The summed E-state index contributed by atoms with van der Waals surface area (Å²) in [5, 5.41) is 20.1. The van der Waals surface area contributed by atoms with Crippen molar-refractivity contribution in [1.82, 2.24) is 9.88 Å². The average molecular weight is 491 g/mol. The normalized spacial score (nSPS) is 33.2. The van der Waals surface area contributed by atoms with Gasteiger partial charge in [0, 0.05) is 49.7 Å². The van der Waals surface area contributed by atoms with Crippen molar-refractivity contribution in [3.05, 3.63) is 23.4 Å². The SMILES string of the molecule is C/C(=C\c1coc(C)n1)C1CC2C(CCCCC(O)[C@@H](C)C(=O)C(C)(C)CCC(=O)O1)N2CCO. The number of cyclic esters (lactones) is 1. The summed E-state index contributed by atoms with van der Waals surface area (Å²) in [4.78, 5) is 32.6. The number of Topliss-reactive ketones (excluding diaryl/α,β-unsaturated/α-hetero) is 1. The van der Waals surface area contributed by atoms with E-state index < -0.39 is 23.5 Å². The van der Waals surface area contributed by atoms with E-state index in [0.29, 0.717) is 43.4 Å². The number of ether oxygens (including phenoxy) is 1. The zero-order chi connectivity index (χ0) is 25.8. The van der Waals surface area contributed by atoms with Gasteiger partial charge in [0.15, 0.2) is 5.89 Å². The quantitative estimate of drug-likeness (QED) is 0.485. The van der Waals surface area contributed by atoms with Gasteiger partial charge in [-0.15, -0.1) is 0 Å². The zero-order valence-corrected chi connectivity index (χ0v) is 21.8. The fourth-order valence-electron chi connectivity index (χ4n) is 5.31. The predicted molar refractivity (Wildman–Crippen MR) is 132 cm³/mol. The number of aliphatic hydroxyl groups excluding tert-OH is 2. The molecular weight excluding hydrogens is 448 g/mol. The van der Waals surface area contributed by atoms with E-state index in [1.54, 1.807) is 20.1 Å². The summed E-state index contributed by atoms with van der Waals surface area (Å²) < 4.78 is 11.3. The number of aliphatic hydroxyl groups is 2. The van der Waals surface area contributed by atoms with Crippen LogP contribution in [0.2, 0.25) is 0 Å².